The number of nitrogens with zero attached hydrogens (tertiary/aromatic N) is 1. The van der Waals surface area contributed by atoms with Crippen molar-refractivity contribution in [2.24, 2.45) is 0 Å². The normalized spacial score (nSPS) is 11.9. The predicted octanol–water partition coefficient (Wildman–Crippen LogP) is 3.23. The molecular formula is C13H16Cl2F3NO5PS+. The van der Waals surface area contributed by atoms with Crippen molar-refractivity contribution in [3.05, 3.63) is 23.2 Å². The standard InChI is InChI=1S/C13H15Cl2F3NO5PS/c1-4-22-10(20)5-19(11(21)12(16,17)18)13(25-26,23-6-8(2)14)24-7-9(3)15/h2-7H2,1H3/p+1. The van der Waals surface area contributed by atoms with Crippen molar-refractivity contribution in [3.63, 3.8) is 0 Å². The predicted molar refractivity (Wildman–Crippen MR) is 94.7 cm³/mol. The van der Waals surface area contributed by atoms with Crippen molar-refractivity contribution in [2.75, 3.05) is 26.4 Å². The van der Waals surface area contributed by atoms with Gasteiger partial charge in [-0.15, -0.1) is 0 Å². The van der Waals surface area contributed by atoms with Crippen LogP contribution in [0.2, 0.25) is 0 Å². The molecule has 0 aromatic rings. The minimum Gasteiger partial charge on any atom is -0.465 e. The molecule has 0 radical (unpaired) electrons. The number of alkyl halides is 3. The lowest BCUT2D eigenvalue weighted by molar-refractivity contribution is -0.260. The van der Waals surface area contributed by atoms with Gasteiger partial charge >= 0.3 is 23.7 Å². The lowest BCUT2D eigenvalue weighted by Gasteiger charge is -2.33. The van der Waals surface area contributed by atoms with Crippen LogP contribution >= 0.6 is 30.6 Å². The Kier molecular flexibility index (Phi) is 10.8. The van der Waals surface area contributed by atoms with Gasteiger partial charge in [0.1, 0.15) is 6.54 Å². The van der Waals surface area contributed by atoms with Gasteiger partial charge < -0.3 is 4.74 Å². The summed E-state index contributed by atoms with van der Waals surface area (Å²) in [7, 11) is -0.991. The number of esters is 1. The summed E-state index contributed by atoms with van der Waals surface area (Å²) in [6.45, 7) is 5.83. The molecule has 0 aliphatic rings. The second-order valence-electron chi connectivity index (χ2n) is 4.49. The zero-order chi connectivity index (χ0) is 20.5. The maximum Gasteiger partial charge on any atom is 0.471 e. The molecule has 0 bridgehead atoms. The molecule has 148 valence electrons. The van der Waals surface area contributed by atoms with Crippen LogP contribution in [0.1, 0.15) is 6.92 Å². The van der Waals surface area contributed by atoms with Gasteiger partial charge in [-0.3, -0.25) is 19.1 Å². The van der Waals surface area contributed by atoms with Crippen molar-refractivity contribution in [1.29, 1.82) is 0 Å². The monoisotopic (exact) mass is 456 g/mol. The molecule has 1 unspecified atom stereocenters. The van der Waals surface area contributed by atoms with Crippen molar-refractivity contribution in [2.45, 2.75) is 18.8 Å². The summed E-state index contributed by atoms with van der Waals surface area (Å²) in [5, 5.41) is -0.210. The third-order valence-corrected chi connectivity index (χ3v) is 4.22. The molecule has 0 saturated carbocycles. The van der Waals surface area contributed by atoms with Crippen molar-refractivity contribution in [3.8, 4) is 0 Å². The molecule has 1 amide bonds. The second-order valence-corrected chi connectivity index (χ2v) is 7.01. The Morgan fingerprint density at radius 1 is 1.15 bits per heavy atom. The summed E-state index contributed by atoms with van der Waals surface area (Å²) in [5.74, 6) is -3.53. The first-order valence-electron chi connectivity index (χ1n) is 6.77. The minimum absolute atomic E-state index is 0.00387. The molecule has 6 nitrogen and oxygen atoms in total. The summed E-state index contributed by atoms with van der Waals surface area (Å²) in [5.41, 5.74) is -2.45. The van der Waals surface area contributed by atoms with Crippen LogP contribution in [0.3, 0.4) is 0 Å². The van der Waals surface area contributed by atoms with E-state index in [1.54, 1.807) is 0 Å². The Labute approximate surface area is 164 Å². The van der Waals surface area contributed by atoms with Gasteiger partial charge in [-0.25, -0.2) is 4.90 Å². The van der Waals surface area contributed by atoms with Gasteiger partial charge in [0.2, 0.25) is 0 Å². The van der Waals surface area contributed by atoms with Crippen LogP contribution in [0.5, 0.6) is 0 Å². The summed E-state index contributed by atoms with van der Waals surface area (Å²) >= 11 is 16.0. The fraction of sp³-hybridized carbons (Fsp3) is 0.538. The van der Waals surface area contributed by atoms with E-state index in [1.165, 1.54) is 6.92 Å². The van der Waals surface area contributed by atoms with E-state index in [4.69, 9.17) is 44.5 Å². The second kappa shape index (κ2) is 11.2. The molecule has 0 rings (SSSR count). The van der Waals surface area contributed by atoms with E-state index in [0.717, 1.165) is 0 Å². The van der Waals surface area contributed by atoms with Gasteiger partial charge in [0.25, 0.3) is 7.36 Å². The summed E-state index contributed by atoms with van der Waals surface area (Å²) < 4.78 is 54.1. The highest BCUT2D eigenvalue weighted by Gasteiger charge is 2.57. The van der Waals surface area contributed by atoms with E-state index >= 15 is 0 Å². The van der Waals surface area contributed by atoms with Crippen LogP contribution in [0.4, 0.5) is 13.2 Å². The van der Waals surface area contributed by atoms with Crippen molar-refractivity contribution < 1.29 is 37.0 Å². The third kappa shape index (κ3) is 8.28. The van der Waals surface area contributed by atoms with Gasteiger partial charge in [-0.2, -0.15) is 13.2 Å². The average Bonchev–Trinajstić information content (AvgIpc) is 2.52. The lowest BCUT2D eigenvalue weighted by atomic mass is 10.4. The Morgan fingerprint density at radius 2 is 1.62 bits per heavy atom. The maximum absolute atomic E-state index is 13.0. The van der Waals surface area contributed by atoms with Gasteiger partial charge in [-0.1, -0.05) is 36.4 Å². The molecule has 0 aliphatic carbocycles. The van der Waals surface area contributed by atoms with E-state index in [2.05, 4.69) is 17.9 Å². The molecule has 0 aromatic carbocycles. The van der Waals surface area contributed by atoms with Crippen LogP contribution in [0.25, 0.3) is 0 Å². The number of rotatable bonds is 11. The molecule has 13 heteroatoms. The van der Waals surface area contributed by atoms with Crippen molar-refractivity contribution >= 4 is 54.2 Å². The molecule has 0 fully saturated rings. The van der Waals surface area contributed by atoms with Gasteiger partial charge in [0, 0.05) is 10.1 Å². The molecule has 0 aromatic heterocycles. The fourth-order valence-electron chi connectivity index (χ4n) is 1.46. The first-order valence-corrected chi connectivity index (χ1v) is 9.66. The first-order chi connectivity index (χ1) is 11.9. The number of ether oxygens (including phenoxy) is 3. The average molecular weight is 457 g/mol. The van der Waals surface area contributed by atoms with E-state index in [-0.39, 0.29) is 21.6 Å². The lowest BCUT2D eigenvalue weighted by Crippen LogP contribution is -2.57. The summed E-state index contributed by atoms with van der Waals surface area (Å²) in [6, 6.07) is 0. The van der Waals surface area contributed by atoms with Crippen LogP contribution < -0.4 is 0 Å². The minimum atomic E-state index is -5.34. The maximum atomic E-state index is 13.0. The number of carbonyl (C=O) groups excluding carboxylic acids is 2. The number of amides is 1. The summed E-state index contributed by atoms with van der Waals surface area (Å²) in [6.07, 6.45) is -5.34. The van der Waals surface area contributed by atoms with E-state index in [1.807, 2.05) is 0 Å². The van der Waals surface area contributed by atoms with Gasteiger partial charge in [0.15, 0.2) is 11.8 Å². The summed E-state index contributed by atoms with van der Waals surface area (Å²) in [4.78, 5) is 23.6. The SMILES string of the molecule is C=C(Cl)COC(OCC(=C)Cl)([PH+]=S)N(CC(=O)OCC)C(=O)C(F)(F)F. The zero-order valence-electron chi connectivity index (χ0n) is 13.5. The quantitative estimate of drug-likeness (QED) is 0.270. The van der Waals surface area contributed by atoms with E-state index in [0.29, 0.717) is 0 Å². The van der Waals surface area contributed by atoms with E-state index in [9.17, 15) is 22.8 Å². The number of halogens is 5. The molecule has 0 saturated heterocycles. The Balaban J connectivity index is 6.02. The highest BCUT2D eigenvalue weighted by molar-refractivity contribution is 7.96. The van der Waals surface area contributed by atoms with Crippen LogP contribution in [-0.2, 0) is 35.6 Å². The highest BCUT2D eigenvalue weighted by Crippen LogP contribution is 2.36. The largest absolute Gasteiger partial charge is 0.471 e. The zero-order valence-corrected chi connectivity index (χ0v) is 16.9. The molecule has 0 heterocycles. The third-order valence-electron chi connectivity index (χ3n) is 2.41. The van der Waals surface area contributed by atoms with Gasteiger partial charge in [-0.05, 0) is 6.92 Å². The number of carbonyl (C=O) groups is 2. The van der Waals surface area contributed by atoms with Crippen molar-refractivity contribution in [1.82, 2.24) is 4.90 Å². The molecule has 0 N–H and O–H groups in total. The Morgan fingerprint density at radius 3 is 1.92 bits per heavy atom. The first kappa shape index (κ1) is 25.2. The number of hydrogen-bond donors (Lipinski definition) is 0. The highest BCUT2D eigenvalue weighted by atomic mass is 35.5. The topological polar surface area (TPSA) is 65.1 Å². The number of hydrogen-bond acceptors (Lipinski definition) is 6. The van der Waals surface area contributed by atoms with Crippen LogP contribution in [0.15, 0.2) is 23.2 Å². The van der Waals surface area contributed by atoms with Crippen LogP contribution in [-0.4, -0.2) is 55.0 Å². The molecule has 0 spiro atoms. The Hall–Kier alpha value is -0.770. The smallest absolute Gasteiger partial charge is 0.465 e. The Bertz CT molecular complexity index is 558. The molecule has 26 heavy (non-hydrogen) atoms. The van der Waals surface area contributed by atoms with E-state index < -0.39 is 50.8 Å². The molecular weight excluding hydrogens is 441 g/mol. The molecule has 1 atom stereocenters. The fourth-order valence-corrected chi connectivity index (χ4v) is 2.81. The molecule has 0 aliphatic heterocycles. The van der Waals surface area contributed by atoms with Gasteiger partial charge in [0.05, 0.1) is 19.8 Å². The van der Waals surface area contributed by atoms with Crippen LogP contribution in [0, 0.1) is 0 Å².